The summed E-state index contributed by atoms with van der Waals surface area (Å²) in [5.74, 6) is 0.674. The van der Waals surface area contributed by atoms with Crippen molar-refractivity contribution in [2.45, 2.75) is 0 Å². The van der Waals surface area contributed by atoms with Crippen LogP contribution in [-0.4, -0.2) is 9.97 Å². The molecule has 0 aliphatic rings. The van der Waals surface area contributed by atoms with E-state index in [0.717, 1.165) is 83.1 Å². The van der Waals surface area contributed by atoms with Crippen LogP contribution in [0.25, 0.3) is 88.9 Å². The summed E-state index contributed by atoms with van der Waals surface area (Å²) < 4.78 is 12.7. The van der Waals surface area contributed by atoms with Crippen molar-refractivity contribution in [1.82, 2.24) is 9.97 Å². The number of furan rings is 2. The van der Waals surface area contributed by atoms with Crippen LogP contribution in [0.4, 0.5) is 0 Å². The summed E-state index contributed by atoms with van der Waals surface area (Å²) in [4.78, 5) is 10.1. The van der Waals surface area contributed by atoms with E-state index >= 15 is 0 Å². The Bertz CT molecular complexity index is 2430. The zero-order chi connectivity index (χ0) is 29.0. The number of para-hydroxylation sites is 2. The SMILES string of the molecule is c1ccc(-c2cc(-c3ccccc3)nc(-c3ccc4oc5c(-c6ccc7c(c6)oc6ccccc67)cccc5c4c3)n2)cc1. The first kappa shape index (κ1) is 24.6. The fraction of sp³-hybridized carbons (Fsp3) is 0. The Balaban J connectivity index is 1.20. The van der Waals surface area contributed by atoms with Gasteiger partial charge in [0.05, 0.1) is 11.4 Å². The molecule has 0 N–H and O–H groups in total. The van der Waals surface area contributed by atoms with Gasteiger partial charge in [-0.1, -0.05) is 103 Å². The summed E-state index contributed by atoms with van der Waals surface area (Å²) in [6, 6.07) is 49.6. The summed E-state index contributed by atoms with van der Waals surface area (Å²) in [6.45, 7) is 0. The van der Waals surface area contributed by atoms with Gasteiger partial charge in [-0.05, 0) is 48.0 Å². The van der Waals surface area contributed by atoms with E-state index in [1.54, 1.807) is 0 Å². The van der Waals surface area contributed by atoms with Crippen molar-refractivity contribution in [3.05, 3.63) is 146 Å². The molecule has 0 saturated carbocycles. The molecule has 0 bridgehead atoms. The highest BCUT2D eigenvalue weighted by Gasteiger charge is 2.17. The molecule has 0 aliphatic heterocycles. The van der Waals surface area contributed by atoms with Crippen LogP contribution >= 0.6 is 0 Å². The van der Waals surface area contributed by atoms with Crippen molar-refractivity contribution in [2.24, 2.45) is 0 Å². The fourth-order valence-electron chi connectivity index (χ4n) is 6.15. The number of aromatic nitrogens is 2. The third kappa shape index (κ3) is 4.00. The molecule has 0 spiro atoms. The Morgan fingerprint density at radius 2 is 1.00 bits per heavy atom. The van der Waals surface area contributed by atoms with Crippen molar-refractivity contribution < 1.29 is 8.83 Å². The number of fused-ring (bicyclic) bond motifs is 6. The van der Waals surface area contributed by atoms with Crippen LogP contribution in [0.5, 0.6) is 0 Å². The van der Waals surface area contributed by atoms with Gasteiger partial charge in [0.1, 0.15) is 22.3 Å². The van der Waals surface area contributed by atoms with Crippen LogP contribution < -0.4 is 0 Å². The zero-order valence-electron chi connectivity index (χ0n) is 23.6. The van der Waals surface area contributed by atoms with Gasteiger partial charge in [-0.2, -0.15) is 0 Å². The Kier molecular flexibility index (Phi) is 5.47. The zero-order valence-corrected chi connectivity index (χ0v) is 23.6. The van der Waals surface area contributed by atoms with Gasteiger partial charge in [0.15, 0.2) is 5.82 Å². The normalized spacial score (nSPS) is 11.6. The molecule has 0 radical (unpaired) electrons. The minimum atomic E-state index is 0.674. The van der Waals surface area contributed by atoms with E-state index in [2.05, 4.69) is 78.9 Å². The van der Waals surface area contributed by atoms with E-state index < -0.39 is 0 Å². The number of hydrogen-bond acceptors (Lipinski definition) is 4. The highest BCUT2D eigenvalue weighted by Crippen LogP contribution is 2.39. The summed E-state index contributed by atoms with van der Waals surface area (Å²) >= 11 is 0. The van der Waals surface area contributed by atoms with Crippen LogP contribution in [-0.2, 0) is 0 Å². The molecule has 206 valence electrons. The molecular weight excluding hydrogens is 540 g/mol. The molecule has 3 aromatic heterocycles. The van der Waals surface area contributed by atoms with Gasteiger partial charge in [0.25, 0.3) is 0 Å². The average Bonchev–Trinajstić information content (AvgIpc) is 3.66. The molecule has 0 amide bonds. The fourth-order valence-corrected chi connectivity index (χ4v) is 6.15. The smallest absolute Gasteiger partial charge is 0.160 e. The van der Waals surface area contributed by atoms with E-state index in [9.17, 15) is 0 Å². The van der Waals surface area contributed by atoms with Crippen LogP contribution in [0.2, 0.25) is 0 Å². The van der Waals surface area contributed by atoms with Crippen molar-refractivity contribution in [3.8, 4) is 45.0 Å². The number of hydrogen-bond donors (Lipinski definition) is 0. The molecule has 0 saturated heterocycles. The Labute approximate surface area is 252 Å². The van der Waals surface area contributed by atoms with E-state index in [1.165, 1.54) is 0 Å². The summed E-state index contributed by atoms with van der Waals surface area (Å²) in [6.07, 6.45) is 0. The molecule has 4 nitrogen and oxygen atoms in total. The highest BCUT2D eigenvalue weighted by molar-refractivity contribution is 6.12. The van der Waals surface area contributed by atoms with Crippen LogP contribution in [0.3, 0.4) is 0 Å². The predicted molar refractivity (Wildman–Crippen MR) is 178 cm³/mol. The molecule has 0 atom stereocenters. The first-order valence-electron chi connectivity index (χ1n) is 14.7. The standard InChI is InChI=1S/C40H24N2O2/c1-3-10-25(11-4-1)34-24-35(26-12-5-2-6-13-26)42-40(41-34)28-19-21-37-33(22-28)32-16-9-15-29(39(32)44-37)27-18-20-31-30-14-7-8-17-36(30)43-38(31)23-27/h1-24H. The summed E-state index contributed by atoms with van der Waals surface area (Å²) in [7, 11) is 0. The molecule has 3 heterocycles. The van der Waals surface area contributed by atoms with Gasteiger partial charge in [0.2, 0.25) is 0 Å². The Morgan fingerprint density at radius 3 is 1.77 bits per heavy atom. The van der Waals surface area contributed by atoms with E-state index in [0.29, 0.717) is 5.82 Å². The second-order valence-electron chi connectivity index (χ2n) is 11.0. The predicted octanol–water partition coefficient (Wildman–Crippen LogP) is 10.9. The van der Waals surface area contributed by atoms with Crippen LogP contribution in [0.1, 0.15) is 0 Å². The second-order valence-corrected chi connectivity index (χ2v) is 11.0. The number of rotatable bonds is 4. The third-order valence-electron chi connectivity index (χ3n) is 8.31. The number of nitrogens with zero attached hydrogens (tertiary/aromatic N) is 2. The molecule has 9 aromatic rings. The minimum Gasteiger partial charge on any atom is -0.456 e. The maximum Gasteiger partial charge on any atom is 0.160 e. The first-order chi connectivity index (χ1) is 21.8. The van der Waals surface area contributed by atoms with Gasteiger partial charge in [-0.25, -0.2) is 9.97 Å². The molecule has 9 rings (SSSR count). The summed E-state index contributed by atoms with van der Waals surface area (Å²) in [5.41, 5.74) is 10.3. The van der Waals surface area contributed by atoms with Crippen molar-refractivity contribution in [1.29, 1.82) is 0 Å². The topological polar surface area (TPSA) is 52.1 Å². The quantitative estimate of drug-likeness (QED) is 0.213. The van der Waals surface area contributed by atoms with E-state index in [-0.39, 0.29) is 0 Å². The Morgan fingerprint density at radius 1 is 0.364 bits per heavy atom. The van der Waals surface area contributed by atoms with Gasteiger partial charge in [0, 0.05) is 43.8 Å². The Hall–Kier alpha value is -6.00. The van der Waals surface area contributed by atoms with E-state index in [4.69, 9.17) is 18.8 Å². The molecule has 44 heavy (non-hydrogen) atoms. The maximum atomic E-state index is 6.51. The average molecular weight is 565 g/mol. The maximum absolute atomic E-state index is 6.51. The molecular formula is C40H24N2O2. The molecule has 0 aliphatic carbocycles. The van der Waals surface area contributed by atoms with E-state index in [1.807, 2.05) is 66.7 Å². The van der Waals surface area contributed by atoms with Crippen molar-refractivity contribution in [2.75, 3.05) is 0 Å². The van der Waals surface area contributed by atoms with Crippen molar-refractivity contribution >= 4 is 43.9 Å². The molecule has 4 heteroatoms. The lowest BCUT2D eigenvalue weighted by molar-refractivity contribution is 0.668. The van der Waals surface area contributed by atoms with Gasteiger partial charge < -0.3 is 8.83 Å². The first-order valence-corrected chi connectivity index (χ1v) is 14.7. The largest absolute Gasteiger partial charge is 0.456 e. The van der Waals surface area contributed by atoms with Gasteiger partial charge in [-0.3, -0.25) is 0 Å². The number of benzene rings is 6. The van der Waals surface area contributed by atoms with Gasteiger partial charge >= 0.3 is 0 Å². The van der Waals surface area contributed by atoms with Crippen LogP contribution in [0, 0.1) is 0 Å². The highest BCUT2D eigenvalue weighted by atomic mass is 16.3. The van der Waals surface area contributed by atoms with Gasteiger partial charge in [-0.15, -0.1) is 0 Å². The van der Waals surface area contributed by atoms with Crippen LogP contribution in [0.15, 0.2) is 154 Å². The summed E-state index contributed by atoms with van der Waals surface area (Å²) in [5, 5.41) is 4.31. The third-order valence-corrected chi connectivity index (χ3v) is 8.31. The molecule has 0 unspecified atom stereocenters. The lowest BCUT2D eigenvalue weighted by Gasteiger charge is -2.09. The molecule has 6 aromatic carbocycles. The lowest BCUT2D eigenvalue weighted by atomic mass is 10.0. The molecule has 0 fully saturated rings. The van der Waals surface area contributed by atoms with Crippen molar-refractivity contribution in [3.63, 3.8) is 0 Å². The minimum absolute atomic E-state index is 0.674. The lowest BCUT2D eigenvalue weighted by Crippen LogP contribution is -1.95. The monoisotopic (exact) mass is 564 g/mol. The second kappa shape index (κ2) is 9.79.